The topological polar surface area (TPSA) is 105 Å². The zero-order valence-corrected chi connectivity index (χ0v) is 17.2. The molecule has 1 aliphatic heterocycles. The van der Waals surface area contributed by atoms with Gasteiger partial charge in [0.05, 0.1) is 21.8 Å². The number of carbonyl (C=O) groups is 4. The molecule has 2 aromatic carbocycles. The van der Waals surface area contributed by atoms with Crippen LogP contribution in [-0.4, -0.2) is 48.8 Å². The average Bonchev–Trinajstić information content (AvgIpc) is 2.94. The normalized spacial score (nSPS) is 12.7. The highest BCUT2D eigenvalue weighted by atomic mass is 35.5. The van der Waals surface area contributed by atoms with Crippen LogP contribution in [0.25, 0.3) is 0 Å². The van der Waals surface area contributed by atoms with E-state index in [9.17, 15) is 19.2 Å². The third-order valence-corrected chi connectivity index (χ3v) is 4.81. The molecule has 0 saturated heterocycles. The number of amides is 4. The number of benzene rings is 2. The van der Waals surface area contributed by atoms with Crippen molar-refractivity contribution in [3.8, 4) is 0 Å². The van der Waals surface area contributed by atoms with Gasteiger partial charge in [-0.3, -0.25) is 24.1 Å². The van der Waals surface area contributed by atoms with Gasteiger partial charge in [-0.25, -0.2) is 0 Å². The molecule has 8 nitrogen and oxygen atoms in total. The molecule has 0 atom stereocenters. The Balaban J connectivity index is 1.76. The number of halogens is 1. The maximum absolute atomic E-state index is 12.6. The Morgan fingerprint density at radius 1 is 1.03 bits per heavy atom. The molecule has 3 rings (SSSR count). The molecule has 1 heterocycles. The van der Waals surface area contributed by atoms with Crippen LogP contribution in [0, 0.1) is 0 Å². The molecule has 9 heteroatoms. The highest BCUT2D eigenvalue weighted by Crippen LogP contribution is 2.28. The number of hydrogen-bond acceptors (Lipinski definition) is 5. The molecule has 0 aliphatic carbocycles. The highest BCUT2D eigenvalue weighted by molar-refractivity contribution is 6.34. The summed E-state index contributed by atoms with van der Waals surface area (Å²) in [5.41, 5.74) is 1.53. The van der Waals surface area contributed by atoms with E-state index in [1.807, 2.05) is 0 Å². The fourth-order valence-electron chi connectivity index (χ4n) is 3.09. The predicted molar refractivity (Wildman–Crippen MR) is 112 cm³/mol. The van der Waals surface area contributed by atoms with Crippen LogP contribution >= 0.6 is 11.6 Å². The van der Waals surface area contributed by atoms with E-state index in [4.69, 9.17) is 16.3 Å². The molecule has 2 N–H and O–H groups in total. The largest absolute Gasteiger partial charge is 0.385 e. The van der Waals surface area contributed by atoms with Crippen molar-refractivity contribution in [3.05, 3.63) is 58.1 Å². The number of fused-ring (bicyclic) bond motifs is 1. The second-order valence-electron chi connectivity index (χ2n) is 6.70. The zero-order chi connectivity index (χ0) is 21.8. The van der Waals surface area contributed by atoms with Gasteiger partial charge in [0, 0.05) is 38.4 Å². The first-order valence-corrected chi connectivity index (χ1v) is 9.57. The molecule has 4 amide bonds. The number of carbonyl (C=O) groups excluding carboxylic acids is 4. The Hall–Kier alpha value is -3.23. The van der Waals surface area contributed by atoms with Crippen LogP contribution in [0.3, 0.4) is 0 Å². The summed E-state index contributed by atoms with van der Waals surface area (Å²) in [5.74, 6) is -1.53. The van der Waals surface area contributed by atoms with Crippen molar-refractivity contribution >= 4 is 46.6 Å². The molecule has 0 unspecified atom stereocenters. The Labute approximate surface area is 178 Å². The lowest BCUT2D eigenvalue weighted by molar-refractivity contribution is -0.114. The second kappa shape index (κ2) is 9.06. The van der Waals surface area contributed by atoms with Crippen LogP contribution in [0.2, 0.25) is 5.02 Å². The SMILES string of the molecule is COCCCN1C(=O)c2ccc(C(=O)Nc3ccc(NC(C)=O)cc3Cl)cc2C1=O. The molecule has 0 fully saturated rings. The van der Waals surface area contributed by atoms with Gasteiger partial charge in [-0.05, 0) is 42.8 Å². The van der Waals surface area contributed by atoms with Crippen LogP contribution in [0.15, 0.2) is 36.4 Å². The third kappa shape index (κ3) is 4.50. The molecular weight excluding hydrogens is 410 g/mol. The molecule has 0 radical (unpaired) electrons. The fraction of sp³-hybridized carbons (Fsp3) is 0.238. The summed E-state index contributed by atoms with van der Waals surface area (Å²) in [6.07, 6.45) is 0.530. The Morgan fingerprint density at radius 2 is 1.77 bits per heavy atom. The maximum Gasteiger partial charge on any atom is 0.261 e. The molecule has 0 spiro atoms. The first-order chi connectivity index (χ1) is 14.3. The van der Waals surface area contributed by atoms with Crippen molar-refractivity contribution in [1.82, 2.24) is 4.90 Å². The van der Waals surface area contributed by atoms with Crippen LogP contribution in [0.4, 0.5) is 11.4 Å². The van der Waals surface area contributed by atoms with E-state index < -0.39 is 11.8 Å². The van der Waals surface area contributed by atoms with Crippen LogP contribution < -0.4 is 10.6 Å². The van der Waals surface area contributed by atoms with Gasteiger partial charge < -0.3 is 15.4 Å². The van der Waals surface area contributed by atoms with Crippen molar-refractivity contribution in [2.75, 3.05) is 30.9 Å². The lowest BCUT2D eigenvalue weighted by Gasteiger charge is -2.12. The van der Waals surface area contributed by atoms with E-state index in [0.29, 0.717) is 24.4 Å². The molecule has 2 aromatic rings. The van der Waals surface area contributed by atoms with Crippen molar-refractivity contribution in [1.29, 1.82) is 0 Å². The summed E-state index contributed by atoms with van der Waals surface area (Å²) in [5, 5.41) is 5.51. The smallest absolute Gasteiger partial charge is 0.261 e. The highest BCUT2D eigenvalue weighted by Gasteiger charge is 2.35. The van der Waals surface area contributed by atoms with E-state index in [1.54, 1.807) is 19.2 Å². The van der Waals surface area contributed by atoms with Crippen LogP contribution in [0.5, 0.6) is 0 Å². The van der Waals surface area contributed by atoms with Gasteiger partial charge in [0.1, 0.15) is 0 Å². The third-order valence-electron chi connectivity index (χ3n) is 4.50. The first-order valence-electron chi connectivity index (χ1n) is 9.19. The summed E-state index contributed by atoms with van der Waals surface area (Å²) in [6, 6.07) is 9.04. The number of hydrogen-bond donors (Lipinski definition) is 2. The van der Waals surface area contributed by atoms with Crippen LogP contribution in [0.1, 0.15) is 44.4 Å². The lowest BCUT2D eigenvalue weighted by atomic mass is 10.1. The molecule has 0 aromatic heterocycles. The molecule has 0 bridgehead atoms. The van der Waals surface area contributed by atoms with Crippen molar-refractivity contribution in [2.24, 2.45) is 0 Å². The summed E-state index contributed by atoms with van der Waals surface area (Å²) in [6.45, 7) is 2.06. The van der Waals surface area contributed by atoms with Gasteiger partial charge in [-0.15, -0.1) is 0 Å². The summed E-state index contributed by atoms with van der Waals surface area (Å²) >= 11 is 6.18. The zero-order valence-electron chi connectivity index (χ0n) is 16.5. The molecule has 1 aliphatic rings. The molecule has 156 valence electrons. The number of methoxy groups -OCH3 is 1. The summed E-state index contributed by atoms with van der Waals surface area (Å²) in [4.78, 5) is 50.0. The molecule has 30 heavy (non-hydrogen) atoms. The first kappa shape index (κ1) is 21.5. The van der Waals surface area contributed by atoms with Gasteiger partial charge in [-0.1, -0.05) is 11.6 Å². The Bertz CT molecular complexity index is 1040. The monoisotopic (exact) mass is 429 g/mol. The van der Waals surface area contributed by atoms with E-state index >= 15 is 0 Å². The molecule has 0 saturated carbocycles. The minimum atomic E-state index is -0.481. The predicted octanol–water partition coefficient (Wildman–Crippen LogP) is 3.18. The van der Waals surface area contributed by atoms with E-state index in [2.05, 4.69) is 10.6 Å². The number of nitrogens with one attached hydrogen (secondary N) is 2. The maximum atomic E-state index is 12.6. The quantitative estimate of drug-likeness (QED) is 0.519. The number of ether oxygens (including phenoxy) is 1. The Kier molecular flexibility index (Phi) is 6.49. The second-order valence-corrected chi connectivity index (χ2v) is 7.11. The van der Waals surface area contributed by atoms with Gasteiger partial charge in [0.2, 0.25) is 5.91 Å². The van der Waals surface area contributed by atoms with E-state index in [1.165, 1.54) is 31.2 Å². The van der Waals surface area contributed by atoms with E-state index in [0.717, 1.165) is 4.90 Å². The van der Waals surface area contributed by atoms with Gasteiger partial charge in [0.15, 0.2) is 0 Å². The number of anilines is 2. The molecular formula is C21H20ClN3O5. The van der Waals surface area contributed by atoms with Crippen LogP contribution in [-0.2, 0) is 9.53 Å². The fourth-order valence-corrected chi connectivity index (χ4v) is 3.32. The minimum Gasteiger partial charge on any atom is -0.385 e. The minimum absolute atomic E-state index is 0.192. The van der Waals surface area contributed by atoms with Gasteiger partial charge >= 0.3 is 0 Å². The van der Waals surface area contributed by atoms with Crippen molar-refractivity contribution in [2.45, 2.75) is 13.3 Å². The summed E-state index contributed by atoms with van der Waals surface area (Å²) in [7, 11) is 1.55. The van der Waals surface area contributed by atoms with Gasteiger partial charge in [0.25, 0.3) is 17.7 Å². The van der Waals surface area contributed by atoms with Gasteiger partial charge in [-0.2, -0.15) is 0 Å². The Morgan fingerprint density at radius 3 is 2.43 bits per heavy atom. The lowest BCUT2D eigenvalue weighted by Crippen LogP contribution is -2.31. The number of nitrogens with zero attached hydrogens (tertiary/aromatic N) is 1. The summed E-state index contributed by atoms with van der Waals surface area (Å²) < 4.78 is 4.96. The van der Waals surface area contributed by atoms with Crippen molar-refractivity contribution in [3.63, 3.8) is 0 Å². The van der Waals surface area contributed by atoms with E-state index in [-0.39, 0.29) is 40.1 Å². The standard InChI is InChI=1S/C21H20ClN3O5/c1-12(26)23-14-5-7-18(17(22)11-14)24-19(27)13-4-6-15-16(10-13)21(29)25(20(15)28)8-3-9-30-2/h4-7,10-11H,3,8-9H2,1-2H3,(H,23,26)(H,24,27). The number of rotatable bonds is 7. The van der Waals surface area contributed by atoms with Crippen molar-refractivity contribution < 1.29 is 23.9 Å². The number of imide groups is 1. The average molecular weight is 430 g/mol.